The lowest BCUT2D eigenvalue weighted by Gasteiger charge is -2.33. The first-order chi connectivity index (χ1) is 15.3. The van der Waals surface area contributed by atoms with Crippen molar-refractivity contribution in [2.24, 2.45) is 0 Å². The number of nitrogens with zero attached hydrogens (tertiary/aromatic N) is 4. The van der Waals surface area contributed by atoms with Crippen molar-refractivity contribution in [2.75, 3.05) is 19.0 Å². The molecule has 2 N–H and O–H groups in total. The monoisotopic (exact) mass is 448 g/mol. The van der Waals surface area contributed by atoms with Crippen molar-refractivity contribution in [1.29, 1.82) is 0 Å². The van der Waals surface area contributed by atoms with Gasteiger partial charge >= 0.3 is 6.18 Å². The highest BCUT2D eigenvalue weighted by Gasteiger charge is 2.46. The number of alkyl halides is 3. The molecule has 3 aromatic rings. The third-order valence-corrected chi connectivity index (χ3v) is 5.38. The van der Waals surface area contributed by atoms with Gasteiger partial charge in [0.1, 0.15) is 11.6 Å². The largest absolute Gasteiger partial charge is 0.497 e. The molecular weight excluding hydrogens is 425 g/mol. The zero-order valence-electron chi connectivity index (χ0n) is 17.3. The number of carbonyl (C=O) groups excluding carboxylic acids is 1. The predicted octanol–water partition coefficient (Wildman–Crippen LogP) is 3.57. The Kier molecular flexibility index (Phi) is 6.06. The average molecular weight is 448 g/mol. The van der Waals surface area contributed by atoms with Gasteiger partial charge in [-0.1, -0.05) is 12.1 Å². The summed E-state index contributed by atoms with van der Waals surface area (Å²) in [5.74, 6) is 0.262. The number of fused-ring (bicyclic) bond motifs is 1. The van der Waals surface area contributed by atoms with Gasteiger partial charge in [-0.25, -0.2) is 9.67 Å². The summed E-state index contributed by atoms with van der Waals surface area (Å²) in [5, 5.41) is 9.76. The summed E-state index contributed by atoms with van der Waals surface area (Å²) in [5.41, 5.74) is 0.637. The van der Waals surface area contributed by atoms with Crippen LogP contribution in [0.4, 0.5) is 19.0 Å². The maximum absolute atomic E-state index is 13.8. The molecule has 2 atom stereocenters. The second-order valence-electron chi connectivity index (χ2n) is 7.53. The Morgan fingerprint density at radius 1 is 1.31 bits per heavy atom. The normalized spacial score (nSPS) is 18.0. The number of halogens is 3. The number of nitrogens with one attached hydrogen (secondary N) is 2. The van der Waals surface area contributed by atoms with Crippen molar-refractivity contribution in [3.63, 3.8) is 0 Å². The molecule has 0 saturated carbocycles. The Morgan fingerprint density at radius 3 is 2.75 bits per heavy atom. The third kappa shape index (κ3) is 4.71. The molecule has 1 aromatic carbocycles. The molecule has 11 heteroatoms. The number of rotatable bonds is 7. The van der Waals surface area contributed by atoms with E-state index in [1.165, 1.54) is 13.2 Å². The molecule has 0 aliphatic carbocycles. The number of benzene rings is 1. The molecule has 32 heavy (non-hydrogen) atoms. The van der Waals surface area contributed by atoms with Crippen molar-refractivity contribution < 1.29 is 22.7 Å². The smallest absolute Gasteiger partial charge is 0.410 e. The van der Waals surface area contributed by atoms with Gasteiger partial charge in [0.15, 0.2) is 11.7 Å². The lowest BCUT2D eigenvalue weighted by Crippen LogP contribution is -2.35. The molecule has 8 nitrogen and oxygen atoms in total. The van der Waals surface area contributed by atoms with E-state index >= 15 is 0 Å². The maximum Gasteiger partial charge on any atom is 0.410 e. The highest BCUT2D eigenvalue weighted by Crippen LogP contribution is 2.43. The van der Waals surface area contributed by atoms with Crippen molar-refractivity contribution in [3.8, 4) is 5.75 Å². The standard InChI is InChI=1S/C21H23F3N6O2/c1-32-15-5-3-14(4-6-15)16-11-18(21(22,23)24)30-19(27-16)12-17(28-30)20(31)26-7-2-9-29-10-8-25-13-29/h3-6,8,10,12-13,16,18,27H,2,7,9,11H2,1H3,(H,26,31). The topological polar surface area (TPSA) is 86.0 Å². The van der Waals surface area contributed by atoms with E-state index in [0.717, 1.165) is 4.68 Å². The molecule has 2 unspecified atom stereocenters. The van der Waals surface area contributed by atoms with Crippen LogP contribution in [0.15, 0.2) is 49.1 Å². The lowest BCUT2D eigenvalue weighted by molar-refractivity contribution is -0.173. The summed E-state index contributed by atoms with van der Waals surface area (Å²) in [7, 11) is 1.52. The van der Waals surface area contributed by atoms with Gasteiger partial charge in [0, 0.05) is 38.0 Å². The van der Waals surface area contributed by atoms with Crippen LogP contribution in [0, 0.1) is 0 Å². The molecule has 0 bridgehead atoms. The van der Waals surface area contributed by atoms with E-state index in [2.05, 4.69) is 20.7 Å². The molecule has 0 saturated heterocycles. The molecule has 0 fully saturated rings. The minimum absolute atomic E-state index is 0.0558. The Morgan fingerprint density at radius 2 is 2.09 bits per heavy atom. The first-order valence-electron chi connectivity index (χ1n) is 10.2. The van der Waals surface area contributed by atoms with Gasteiger partial charge < -0.3 is 19.9 Å². The van der Waals surface area contributed by atoms with Gasteiger partial charge in [-0.05, 0) is 24.1 Å². The van der Waals surface area contributed by atoms with Crippen LogP contribution in [-0.4, -0.2) is 45.1 Å². The van der Waals surface area contributed by atoms with Gasteiger partial charge in [0.05, 0.1) is 19.5 Å². The molecular formula is C21H23F3N6O2. The molecule has 2 aromatic heterocycles. The Hall–Kier alpha value is -3.50. The number of hydrogen-bond acceptors (Lipinski definition) is 5. The zero-order chi connectivity index (χ0) is 22.7. The molecule has 3 heterocycles. The summed E-state index contributed by atoms with van der Waals surface area (Å²) in [4.78, 5) is 16.4. The Balaban J connectivity index is 1.47. The quantitative estimate of drug-likeness (QED) is 0.540. The van der Waals surface area contributed by atoms with E-state index < -0.39 is 24.2 Å². The van der Waals surface area contributed by atoms with E-state index in [1.807, 2.05) is 10.8 Å². The van der Waals surface area contributed by atoms with Crippen LogP contribution in [0.3, 0.4) is 0 Å². The molecule has 0 spiro atoms. The number of imidazole rings is 1. The number of aryl methyl sites for hydroxylation is 1. The lowest BCUT2D eigenvalue weighted by atomic mass is 9.97. The fourth-order valence-corrected chi connectivity index (χ4v) is 3.71. The fraction of sp³-hybridized carbons (Fsp3) is 0.381. The summed E-state index contributed by atoms with van der Waals surface area (Å²) in [6, 6.07) is 5.80. The number of hydrogen-bond donors (Lipinski definition) is 2. The second kappa shape index (κ2) is 8.93. The van der Waals surface area contributed by atoms with E-state index in [9.17, 15) is 18.0 Å². The first-order valence-corrected chi connectivity index (χ1v) is 10.2. The number of carbonyl (C=O) groups is 1. The number of ether oxygens (including phenoxy) is 1. The number of anilines is 1. The Labute approximate surface area is 182 Å². The molecule has 1 aliphatic heterocycles. The summed E-state index contributed by atoms with van der Waals surface area (Å²) in [6.07, 6.45) is 1.06. The molecule has 0 radical (unpaired) electrons. The van der Waals surface area contributed by atoms with Gasteiger partial charge in [0.25, 0.3) is 5.91 Å². The van der Waals surface area contributed by atoms with Crippen LogP contribution in [0.1, 0.15) is 41.0 Å². The van der Waals surface area contributed by atoms with Crippen molar-refractivity contribution in [2.45, 2.75) is 37.6 Å². The predicted molar refractivity (Wildman–Crippen MR) is 110 cm³/mol. The van der Waals surface area contributed by atoms with E-state index in [-0.39, 0.29) is 17.9 Å². The highest BCUT2D eigenvalue weighted by molar-refractivity contribution is 5.93. The summed E-state index contributed by atoms with van der Waals surface area (Å²) in [6.45, 7) is 1.03. The second-order valence-corrected chi connectivity index (χ2v) is 7.53. The maximum atomic E-state index is 13.8. The van der Waals surface area contributed by atoms with Crippen molar-refractivity contribution in [3.05, 3.63) is 60.3 Å². The molecule has 170 valence electrons. The minimum atomic E-state index is -4.51. The van der Waals surface area contributed by atoms with Crippen LogP contribution in [-0.2, 0) is 6.54 Å². The van der Waals surface area contributed by atoms with E-state index in [4.69, 9.17) is 4.74 Å². The van der Waals surface area contributed by atoms with Crippen molar-refractivity contribution >= 4 is 11.7 Å². The summed E-state index contributed by atoms with van der Waals surface area (Å²) >= 11 is 0. The SMILES string of the molecule is COc1ccc(C2CC(C(F)(F)F)n3nc(C(=O)NCCCn4ccnc4)cc3N2)cc1. The van der Waals surface area contributed by atoms with Crippen LogP contribution < -0.4 is 15.4 Å². The molecule has 1 aliphatic rings. The molecule has 4 rings (SSSR count). The fourth-order valence-electron chi connectivity index (χ4n) is 3.71. The minimum Gasteiger partial charge on any atom is -0.497 e. The van der Waals surface area contributed by atoms with Gasteiger partial charge in [-0.3, -0.25) is 4.79 Å². The zero-order valence-corrected chi connectivity index (χ0v) is 17.3. The molecule has 1 amide bonds. The van der Waals surface area contributed by atoms with Crippen molar-refractivity contribution in [1.82, 2.24) is 24.6 Å². The highest BCUT2D eigenvalue weighted by atomic mass is 19.4. The first kappa shape index (κ1) is 21.7. The number of amides is 1. The van der Waals surface area contributed by atoms with Crippen LogP contribution in [0.25, 0.3) is 0 Å². The summed E-state index contributed by atoms with van der Waals surface area (Å²) < 4.78 is 49.3. The van der Waals surface area contributed by atoms with E-state index in [1.54, 1.807) is 36.8 Å². The van der Waals surface area contributed by atoms with Gasteiger partial charge in [-0.15, -0.1) is 0 Å². The van der Waals surface area contributed by atoms with Crippen LogP contribution in [0.5, 0.6) is 5.75 Å². The van der Waals surface area contributed by atoms with E-state index in [0.29, 0.717) is 30.8 Å². The van der Waals surface area contributed by atoms with Crippen LogP contribution >= 0.6 is 0 Å². The average Bonchev–Trinajstić information content (AvgIpc) is 3.45. The van der Waals surface area contributed by atoms with Gasteiger partial charge in [0.2, 0.25) is 0 Å². The van der Waals surface area contributed by atoms with Crippen LogP contribution in [0.2, 0.25) is 0 Å². The third-order valence-electron chi connectivity index (χ3n) is 5.38. The number of methoxy groups -OCH3 is 1. The van der Waals surface area contributed by atoms with Gasteiger partial charge in [-0.2, -0.15) is 18.3 Å². The number of aromatic nitrogens is 4. The Bertz CT molecular complexity index is 1050.